The van der Waals surface area contributed by atoms with Crippen molar-refractivity contribution in [3.05, 3.63) is 59.2 Å². The van der Waals surface area contributed by atoms with Crippen LogP contribution in [0.2, 0.25) is 0 Å². The van der Waals surface area contributed by atoms with Crippen LogP contribution in [0.5, 0.6) is 0 Å². The summed E-state index contributed by atoms with van der Waals surface area (Å²) in [6.45, 7) is 6.59. The van der Waals surface area contributed by atoms with Crippen LogP contribution in [-0.4, -0.2) is 39.6 Å². The van der Waals surface area contributed by atoms with Crippen molar-refractivity contribution < 1.29 is 18.0 Å². The number of hydrogen-bond donors (Lipinski definition) is 2. The van der Waals surface area contributed by atoms with Gasteiger partial charge >= 0.3 is 0 Å². The lowest BCUT2D eigenvalue weighted by Gasteiger charge is -2.24. The second-order valence-corrected chi connectivity index (χ2v) is 9.84. The fraction of sp³-hybridized carbons (Fsp3) is 0.417. The number of carbonyl (C=O) groups is 2. The molecule has 0 aliphatic carbocycles. The highest BCUT2D eigenvalue weighted by molar-refractivity contribution is 7.92. The fourth-order valence-electron chi connectivity index (χ4n) is 3.31. The van der Waals surface area contributed by atoms with Crippen LogP contribution in [0.1, 0.15) is 54.1 Å². The average Bonchev–Trinajstić information content (AvgIpc) is 2.73. The van der Waals surface area contributed by atoms with E-state index in [1.807, 2.05) is 39.0 Å². The van der Waals surface area contributed by atoms with Crippen molar-refractivity contribution in [1.29, 1.82) is 0 Å². The van der Waals surface area contributed by atoms with E-state index in [4.69, 9.17) is 0 Å². The number of nitrogens with zero attached hydrogens (tertiary/aromatic N) is 1. The predicted octanol–water partition coefficient (Wildman–Crippen LogP) is 4.02. The molecule has 0 saturated heterocycles. The van der Waals surface area contributed by atoms with Crippen LogP contribution >= 0.6 is 0 Å². The first-order valence-electron chi connectivity index (χ1n) is 10.9. The third-order valence-electron chi connectivity index (χ3n) is 5.06. The van der Waals surface area contributed by atoms with Gasteiger partial charge in [0.25, 0.3) is 5.91 Å². The van der Waals surface area contributed by atoms with Crippen molar-refractivity contribution >= 4 is 33.2 Å². The number of para-hydroxylation sites is 1. The summed E-state index contributed by atoms with van der Waals surface area (Å²) in [4.78, 5) is 24.9. The number of benzene rings is 2. The number of aryl methyl sites for hydroxylation is 2. The van der Waals surface area contributed by atoms with Gasteiger partial charge in [-0.3, -0.25) is 13.9 Å². The van der Waals surface area contributed by atoms with Gasteiger partial charge in [-0.25, -0.2) is 8.42 Å². The van der Waals surface area contributed by atoms with Crippen molar-refractivity contribution in [2.75, 3.05) is 29.0 Å². The highest BCUT2D eigenvalue weighted by Gasteiger charge is 2.20. The lowest BCUT2D eigenvalue weighted by atomic mass is 10.1. The van der Waals surface area contributed by atoms with Gasteiger partial charge in [-0.2, -0.15) is 0 Å². The van der Waals surface area contributed by atoms with Crippen LogP contribution < -0.4 is 14.9 Å². The SMILES string of the molecule is CCCCNC(=O)c1ccccc1NC(=O)CCCN(c1cc(C)ccc1C)S(C)(=O)=O. The van der Waals surface area contributed by atoms with E-state index < -0.39 is 10.0 Å². The Labute approximate surface area is 191 Å². The van der Waals surface area contributed by atoms with Gasteiger partial charge < -0.3 is 10.6 Å². The maximum atomic E-state index is 12.5. The van der Waals surface area contributed by atoms with Gasteiger partial charge in [-0.1, -0.05) is 37.6 Å². The number of rotatable bonds is 11. The molecule has 0 spiro atoms. The minimum absolute atomic E-state index is 0.128. The first-order chi connectivity index (χ1) is 15.1. The first kappa shape index (κ1) is 25.4. The van der Waals surface area contributed by atoms with Crippen molar-refractivity contribution in [3.63, 3.8) is 0 Å². The molecule has 2 rings (SSSR count). The summed E-state index contributed by atoms with van der Waals surface area (Å²) in [5, 5.41) is 5.64. The maximum Gasteiger partial charge on any atom is 0.253 e. The number of unbranched alkanes of at least 4 members (excludes halogenated alkanes) is 1. The average molecular weight is 460 g/mol. The lowest BCUT2D eigenvalue weighted by Crippen LogP contribution is -2.32. The van der Waals surface area contributed by atoms with E-state index in [1.54, 1.807) is 24.3 Å². The van der Waals surface area contributed by atoms with Crippen molar-refractivity contribution in [1.82, 2.24) is 5.32 Å². The molecule has 0 aromatic heterocycles. The molecule has 7 nitrogen and oxygen atoms in total. The molecule has 0 atom stereocenters. The zero-order chi connectivity index (χ0) is 23.7. The minimum atomic E-state index is -3.49. The van der Waals surface area contributed by atoms with Crippen LogP contribution in [0.25, 0.3) is 0 Å². The van der Waals surface area contributed by atoms with Crippen molar-refractivity contribution in [2.45, 2.75) is 46.5 Å². The van der Waals surface area contributed by atoms with Gasteiger partial charge in [0.2, 0.25) is 15.9 Å². The topological polar surface area (TPSA) is 95.6 Å². The molecule has 174 valence electrons. The summed E-state index contributed by atoms with van der Waals surface area (Å²) < 4.78 is 26.1. The van der Waals surface area contributed by atoms with Gasteiger partial charge in [0, 0.05) is 19.5 Å². The monoisotopic (exact) mass is 459 g/mol. The maximum absolute atomic E-state index is 12.5. The Hall–Kier alpha value is -2.87. The Bertz CT molecular complexity index is 1050. The van der Waals surface area contributed by atoms with E-state index in [2.05, 4.69) is 10.6 Å². The Kier molecular flexibility index (Phi) is 9.26. The second-order valence-electron chi connectivity index (χ2n) is 7.93. The summed E-state index contributed by atoms with van der Waals surface area (Å²) in [5.41, 5.74) is 3.30. The predicted molar refractivity (Wildman–Crippen MR) is 130 cm³/mol. The number of amides is 2. The Morgan fingerprint density at radius 2 is 1.75 bits per heavy atom. The van der Waals surface area contributed by atoms with Crippen LogP contribution in [0.15, 0.2) is 42.5 Å². The first-order valence-corrected chi connectivity index (χ1v) is 12.7. The second kappa shape index (κ2) is 11.7. The lowest BCUT2D eigenvalue weighted by molar-refractivity contribution is -0.116. The zero-order valence-electron chi connectivity index (χ0n) is 19.3. The zero-order valence-corrected chi connectivity index (χ0v) is 20.1. The number of anilines is 2. The number of hydrogen-bond acceptors (Lipinski definition) is 4. The molecule has 0 saturated carbocycles. The highest BCUT2D eigenvalue weighted by atomic mass is 32.2. The summed E-state index contributed by atoms with van der Waals surface area (Å²) in [6.07, 6.45) is 3.50. The summed E-state index contributed by atoms with van der Waals surface area (Å²) in [7, 11) is -3.49. The normalized spacial score (nSPS) is 11.1. The van der Waals surface area contributed by atoms with Gasteiger partial charge in [-0.05, 0) is 56.0 Å². The fourth-order valence-corrected chi connectivity index (χ4v) is 4.33. The van der Waals surface area contributed by atoms with Crippen molar-refractivity contribution in [3.8, 4) is 0 Å². The minimum Gasteiger partial charge on any atom is -0.352 e. The molecule has 8 heteroatoms. The molecular weight excluding hydrogens is 426 g/mol. The molecule has 2 aromatic rings. The molecular formula is C24H33N3O4S. The van der Waals surface area contributed by atoms with Crippen LogP contribution in [-0.2, 0) is 14.8 Å². The van der Waals surface area contributed by atoms with Crippen LogP contribution in [0.4, 0.5) is 11.4 Å². The largest absolute Gasteiger partial charge is 0.352 e. The van der Waals surface area contributed by atoms with E-state index in [0.717, 1.165) is 24.0 Å². The quantitative estimate of drug-likeness (QED) is 0.496. The van der Waals surface area contributed by atoms with Gasteiger partial charge in [0.15, 0.2) is 0 Å². The highest BCUT2D eigenvalue weighted by Crippen LogP contribution is 2.24. The van der Waals surface area contributed by atoms with Crippen LogP contribution in [0, 0.1) is 13.8 Å². The third-order valence-corrected chi connectivity index (χ3v) is 6.24. The molecule has 32 heavy (non-hydrogen) atoms. The van der Waals surface area contributed by atoms with E-state index in [-0.39, 0.29) is 24.8 Å². The number of carbonyl (C=O) groups excluding carboxylic acids is 2. The Morgan fingerprint density at radius 1 is 1.03 bits per heavy atom. The molecule has 2 amide bonds. The molecule has 0 radical (unpaired) electrons. The molecule has 0 fully saturated rings. The Balaban J connectivity index is 2.02. The molecule has 2 aromatic carbocycles. The van der Waals surface area contributed by atoms with Gasteiger partial charge in [-0.15, -0.1) is 0 Å². The third kappa shape index (κ3) is 7.37. The smallest absolute Gasteiger partial charge is 0.253 e. The molecule has 2 N–H and O–H groups in total. The summed E-state index contributed by atoms with van der Waals surface area (Å²) in [6, 6.07) is 12.5. The molecule has 0 bridgehead atoms. The standard InChI is InChI=1S/C24H33N3O4S/c1-5-6-15-25-24(29)20-10-7-8-11-21(20)26-23(28)12-9-16-27(32(4,30)31)22-17-18(2)13-14-19(22)3/h7-8,10-11,13-14,17H,5-6,9,12,15-16H2,1-4H3,(H,25,29)(H,26,28). The molecule has 0 unspecified atom stereocenters. The van der Waals surface area contributed by atoms with E-state index in [9.17, 15) is 18.0 Å². The molecule has 0 aliphatic rings. The van der Waals surface area contributed by atoms with Crippen molar-refractivity contribution in [2.24, 2.45) is 0 Å². The summed E-state index contributed by atoms with van der Waals surface area (Å²) >= 11 is 0. The number of nitrogens with one attached hydrogen (secondary N) is 2. The summed E-state index contributed by atoms with van der Waals surface area (Å²) in [5.74, 6) is -0.499. The Morgan fingerprint density at radius 3 is 2.44 bits per heavy atom. The molecule has 0 aliphatic heterocycles. The van der Waals surface area contributed by atoms with E-state index >= 15 is 0 Å². The van der Waals surface area contributed by atoms with E-state index in [0.29, 0.717) is 29.9 Å². The van der Waals surface area contributed by atoms with Crippen LogP contribution in [0.3, 0.4) is 0 Å². The number of sulfonamides is 1. The van der Waals surface area contributed by atoms with Gasteiger partial charge in [0.1, 0.15) is 0 Å². The molecule has 0 heterocycles. The van der Waals surface area contributed by atoms with E-state index in [1.165, 1.54) is 10.6 Å². The van der Waals surface area contributed by atoms with Gasteiger partial charge in [0.05, 0.1) is 23.2 Å².